The van der Waals surface area contributed by atoms with Crippen molar-refractivity contribution < 1.29 is 96.7 Å². The van der Waals surface area contributed by atoms with Crippen molar-refractivity contribution in [3.05, 3.63) is 84.1 Å². The van der Waals surface area contributed by atoms with Crippen LogP contribution in [-0.4, -0.2) is 143 Å². The highest BCUT2D eigenvalue weighted by molar-refractivity contribution is 7.86. The summed E-state index contributed by atoms with van der Waals surface area (Å²) in [6, 6.07) is 9.15. The van der Waals surface area contributed by atoms with Crippen molar-refractivity contribution in [3.63, 3.8) is 0 Å². The Hall–Kier alpha value is -4.68. The number of aliphatic hydroxyl groups is 2. The van der Waals surface area contributed by atoms with E-state index in [-0.39, 0.29) is 26.9 Å². The molecule has 10 N–H and O–H groups in total. The number of imidazole rings is 1. The monoisotopic (exact) mass is 1220 g/mol. The number of nitrogens with zero attached hydrogens (tertiary/aromatic N) is 6. The van der Waals surface area contributed by atoms with Crippen LogP contribution < -0.4 is 15.5 Å². The summed E-state index contributed by atoms with van der Waals surface area (Å²) in [6.07, 6.45) is 7.60. The number of aliphatic hydroxyl groups excluding tert-OH is 2. The van der Waals surface area contributed by atoms with E-state index in [9.17, 15) is 64.4 Å². The van der Waals surface area contributed by atoms with Crippen LogP contribution in [0.25, 0.3) is 11.2 Å². The molecule has 0 spiro atoms. The molecule has 0 radical (unpaired) electrons. The lowest BCUT2D eigenvalue weighted by atomic mass is 9.81. The summed E-state index contributed by atoms with van der Waals surface area (Å²) in [7, 11) is -25.9. The third kappa shape index (κ3) is 14.7. The number of carbonyl (C=O) groups excluding carboxylic acids is 1. The van der Waals surface area contributed by atoms with E-state index in [4.69, 9.17) is 14.5 Å². The fourth-order valence-corrected chi connectivity index (χ4v) is 14.1. The number of amides is 1. The molecule has 440 valence electrons. The van der Waals surface area contributed by atoms with Crippen LogP contribution in [0, 0.1) is 0 Å². The van der Waals surface area contributed by atoms with E-state index in [0.29, 0.717) is 51.3 Å². The zero-order valence-electron chi connectivity index (χ0n) is 44.2. The largest absolute Gasteiger partial charge is 0.490 e. The van der Waals surface area contributed by atoms with Gasteiger partial charge in [0.2, 0.25) is 11.6 Å². The van der Waals surface area contributed by atoms with Crippen molar-refractivity contribution in [2.75, 3.05) is 43.0 Å². The van der Waals surface area contributed by atoms with Gasteiger partial charge in [-0.25, -0.2) is 28.6 Å². The fraction of sp³-hybridized carbons (Fsp3) is 0.511. The third-order valence-corrected chi connectivity index (χ3v) is 19.4. The van der Waals surface area contributed by atoms with Crippen LogP contribution in [0.3, 0.4) is 0 Å². The summed E-state index contributed by atoms with van der Waals surface area (Å²) in [5.41, 5.74) is 4.05. The molecule has 4 aromatic rings. The molecular weight excluding hydrogens is 1150 g/mol. The summed E-state index contributed by atoms with van der Waals surface area (Å²) < 4.78 is 124. The Kier molecular flexibility index (Phi) is 19.4. The number of aromatic nitrogens is 4. The summed E-state index contributed by atoms with van der Waals surface area (Å²) in [5, 5.41) is 27.5. The van der Waals surface area contributed by atoms with Crippen LogP contribution in [-0.2, 0) is 67.4 Å². The molecule has 7 rings (SSSR count). The predicted molar refractivity (Wildman–Crippen MR) is 288 cm³/mol. The number of phosphoric acid groups is 3. The average Bonchev–Trinajstić information content (AvgIpc) is 4.03. The number of hydrogen-bond donors (Lipinski definition) is 10. The Bertz CT molecular complexity index is 3460. The number of hydrogen-bond acceptors (Lipinski definition) is 19. The highest BCUT2D eigenvalue weighted by Crippen LogP contribution is 2.66. The SMILES string of the molecule is CCN1/C(=C/C=C/C2=[N+](CCCCCC(=O)NCCCCCCNc3ncnc4c3ncn4[C@@H]3O[C@H](COP(=O)(O)OP(=O)(O)OP(=O)(O)O)[C@@H](O)[C@H]3O)c3ccc(S(=O)(=O)O)cc3C2(C)C)C(C)(C)c2cc(S(=O)(=O)O)ccc21. The Balaban J connectivity index is 0.856. The Labute approximate surface area is 461 Å². The second-order valence-corrected chi connectivity index (χ2v) is 27.5. The summed E-state index contributed by atoms with van der Waals surface area (Å²) in [4.78, 5) is 63.9. The summed E-state index contributed by atoms with van der Waals surface area (Å²) >= 11 is 0. The lowest BCUT2D eigenvalue weighted by Gasteiger charge is -2.25. The van der Waals surface area contributed by atoms with Crippen LogP contribution >= 0.6 is 23.5 Å². The zero-order chi connectivity index (χ0) is 58.8. The predicted octanol–water partition coefficient (Wildman–Crippen LogP) is 5.27. The quantitative estimate of drug-likeness (QED) is 0.0157. The molecule has 1 saturated heterocycles. The molecule has 0 aliphatic carbocycles. The first kappa shape index (κ1) is 62.9. The molecule has 28 nitrogen and oxygen atoms in total. The number of carbonyl (C=O) groups is 1. The van der Waals surface area contributed by atoms with E-state index in [2.05, 4.69) is 48.2 Å². The van der Waals surface area contributed by atoms with Crippen molar-refractivity contribution in [1.82, 2.24) is 24.8 Å². The van der Waals surface area contributed by atoms with Gasteiger partial charge in [0.1, 0.15) is 31.2 Å². The Morgan fingerprint density at radius 1 is 0.812 bits per heavy atom. The minimum atomic E-state index is -5.79. The number of ether oxygens (including phenoxy) is 1. The normalized spacial score (nSPS) is 22.0. The van der Waals surface area contributed by atoms with Gasteiger partial charge >= 0.3 is 23.5 Å². The molecule has 5 heterocycles. The molecule has 1 fully saturated rings. The molecule has 2 unspecified atom stereocenters. The Morgan fingerprint density at radius 3 is 2.12 bits per heavy atom. The van der Waals surface area contributed by atoms with Crippen molar-refractivity contribution >= 4 is 83.7 Å². The van der Waals surface area contributed by atoms with Crippen molar-refractivity contribution in [2.24, 2.45) is 0 Å². The third-order valence-electron chi connectivity index (χ3n) is 13.9. The lowest BCUT2D eigenvalue weighted by molar-refractivity contribution is -0.438. The number of phosphoric ester groups is 1. The van der Waals surface area contributed by atoms with Crippen molar-refractivity contribution in [3.8, 4) is 0 Å². The topological polar surface area (TPSA) is 409 Å². The molecule has 0 saturated carbocycles. The fourth-order valence-electron chi connectivity index (χ4n) is 10.0. The zero-order valence-corrected chi connectivity index (χ0v) is 48.5. The van der Waals surface area contributed by atoms with E-state index < -0.39 is 85.7 Å². The highest BCUT2D eigenvalue weighted by Gasteiger charge is 2.48. The summed E-state index contributed by atoms with van der Waals surface area (Å²) in [5.74, 6) is 0.289. The van der Waals surface area contributed by atoms with Crippen LogP contribution in [0.15, 0.2) is 82.8 Å². The number of nitrogens with one attached hydrogen (secondary N) is 2. The van der Waals surface area contributed by atoms with Gasteiger partial charge in [-0.2, -0.15) is 30.0 Å². The number of anilines is 2. The van der Waals surface area contributed by atoms with Gasteiger partial charge in [-0.1, -0.05) is 32.8 Å². The van der Waals surface area contributed by atoms with E-state index in [1.165, 1.54) is 41.5 Å². The van der Waals surface area contributed by atoms with Gasteiger partial charge in [-0.05, 0) is 88.4 Å². The molecular formula is C47H66N8O20P3S2+. The maximum atomic E-state index is 12.8. The van der Waals surface area contributed by atoms with Crippen LogP contribution in [0.2, 0.25) is 0 Å². The van der Waals surface area contributed by atoms with E-state index in [0.717, 1.165) is 66.0 Å². The molecule has 2 aromatic carbocycles. The maximum absolute atomic E-state index is 12.8. The van der Waals surface area contributed by atoms with E-state index in [1.807, 2.05) is 52.8 Å². The van der Waals surface area contributed by atoms with Crippen molar-refractivity contribution in [1.29, 1.82) is 0 Å². The minimum absolute atomic E-state index is 0.0662. The molecule has 3 aliphatic rings. The number of unbranched alkanes of at least 4 members (excludes halogenated alkanes) is 5. The number of fused-ring (bicyclic) bond motifs is 3. The van der Waals surface area contributed by atoms with Gasteiger partial charge in [0.15, 0.2) is 28.9 Å². The highest BCUT2D eigenvalue weighted by atomic mass is 32.2. The van der Waals surface area contributed by atoms with Gasteiger partial charge in [0, 0.05) is 67.0 Å². The van der Waals surface area contributed by atoms with Crippen LogP contribution in [0.4, 0.5) is 17.2 Å². The van der Waals surface area contributed by atoms with E-state index >= 15 is 0 Å². The smallest absolute Gasteiger partial charge is 0.387 e. The number of rotatable bonds is 27. The van der Waals surface area contributed by atoms with Gasteiger partial charge in [-0.3, -0.25) is 23.0 Å². The molecule has 80 heavy (non-hydrogen) atoms. The summed E-state index contributed by atoms with van der Waals surface area (Å²) in [6.45, 7) is 11.1. The molecule has 1 amide bonds. The molecule has 6 atom stereocenters. The van der Waals surface area contributed by atoms with Gasteiger partial charge in [0.25, 0.3) is 20.2 Å². The van der Waals surface area contributed by atoms with Crippen LogP contribution in [0.5, 0.6) is 0 Å². The first-order valence-electron chi connectivity index (χ1n) is 25.3. The van der Waals surface area contributed by atoms with Gasteiger partial charge in [0.05, 0.1) is 28.1 Å². The molecule has 0 bridgehead atoms. The Morgan fingerprint density at radius 2 is 1.46 bits per heavy atom. The molecule has 33 heteroatoms. The van der Waals surface area contributed by atoms with Crippen molar-refractivity contribution in [2.45, 2.75) is 131 Å². The second-order valence-electron chi connectivity index (χ2n) is 20.2. The average molecular weight is 1220 g/mol. The maximum Gasteiger partial charge on any atom is 0.490 e. The van der Waals surface area contributed by atoms with E-state index in [1.54, 1.807) is 12.1 Å². The van der Waals surface area contributed by atoms with Gasteiger partial charge in [-0.15, -0.1) is 0 Å². The minimum Gasteiger partial charge on any atom is -0.387 e. The standard InChI is InChI=1S/C47H65N8O20P3S2/c1-6-53-34-20-18-30(79(66,67)68)25-32(34)46(2,3)37(53)15-14-16-38-47(4,5)33-26-31(80(69,70)71)19-21-35(33)54(38)24-13-9-10-17-39(56)48-22-11-7-8-12-23-49-43-40-44(51-28-50-43)55(29-52-40)45-42(58)41(57)36(73-45)27-72-77(62,63)75-78(64,65)74-76(59,60)61/h14-16,18-21,25-26,28-29,36,41-42,45,57-58H,6-13,17,22-24,27H2,1-5H3,(H7-,48,49,50,51,56,59,60,61,62,63,64,65,66,67,68,69,70,71)/p+1/t36-,41-,42-,45-/m1/s1. The molecule has 2 aromatic heterocycles. The number of benzene rings is 2. The van der Waals surface area contributed by atoms with Gasteiger partial charge < -0.3 is 50.1 Å². The number of likely N-dealkylation sites (N-methyl/N-ethyl adjacent to an activating group) is 1. The van der Waals surface area contributed by atoms with Crippen LogP contribution in [0.1, 0.15) is 103 Å². The first-order valence-corrected chi connectivity index (χ1v) is 32.7. The lowest BCUT2D eigenvalue weighted by Crippen LogP contribution is -2.33. The molecule has 3 aliphatic heterocycles. The second kappa shape index (κ2) is 24.6. The number of allylic oxidation sites excluding steroid dienone is 4. The first-order chi connectivity index (χ1) is 37.3.